The van der Waals surface area contributed by atoms with Crippen LogP contribution in [0.4, 0.5) is 0 Å². The standard InChI is InChI=1S/C14H18N2OS2/c15-13(18)12(10-6-2-1-3-7-10)16-14(17)11-8-4-5-9-19-11/h1-3,6-7,11-12H,4-5,8-9H2,(H2,15,18)(H,16,17). The molecular formula is C14H18N2OS2. The van der Waals surface area contributed by atoms with Crippen LogP contribution in [0, 0.1) is 0 Å². The van der Waals surface area contributed by atoms with E-state index in [1.165, 1.54) is 6.42 Å². The Hall–Kier alpha value is -1.07. The predicted octanol–water partition coefficient (Wildman–Crippen LogP) is 2.42. The maximum Gasteiger partial charge on any atom is 0.233 e. The van der Waals surface area contributed by atoms with Gasteiger partial charge in [0.15, 0.2) is 0 Å². The van der Waals surface area contributed by atoms with Gasteiger partial charge in [0.25, 0.3) is 0 Å². The lowest BCUT2D eigenvalue weighted by Crippen LogP contribution is -2.41. The van der Waals surface area contributed by atoms with Crippen molar-refractivity contribution in [3.05, 3.63) is 35.9 Å². The van der Waals surface area contributed by atoms with Crippen molar-refractivity contribution >= 4 is 34.9 Å². The Bertz CT molecular complexity index is 444. The van der Waals surface area contributed by atoms with Gasteiger partial charge in [-0.2, -0.15) is 0 Å². The summed E-state index contributed by atoms with van der Waals surface area (Å²) < 4.78 is 0. The van der Waals surface area contributed by atoms with Crippen LogP contribution in [0.2, 0.25) is 0 Å². The van der Waals surface area contributed by atoms with Crippen molar-refractivity contribution in [2.24, 2.45) is 5.73 Å². The summed E-state index contributed by atoms with van der Waals surface area (Å²) in [5.41, 5.74) is 6.69. The topological polar surface area (TPSA) is 55.1 Å². The molecule has 1 fully saturated rings. The molecule has 0 spiro atoms. The van der Waals surface area contributed by atoms with Crippen LogP contribution in [0.3, 0.4) is 0 Å². The summed E-state index contributed by atoms with van der Waals surface area (Å²) in [7, 11) is 0. The molecule has 2 atom stereocenters. The lowest BCUT2D eigenvalue weighted by molar-refractivity contribution is -0.121. The highest BCUT2D eigenvalue weighted by molar-refractivity contribution is 8.00. The van der Waals surface area contributed by atoms with Gasteiger partial charge in [-0.05, 0) is 24.2 Å². The quantitative estimate of drug-likeness (QED) is 0.837. The van der Waals surface area contributed by atoms with Gasteiger partial charge < -0.3 is 11.1 Å². The van der Waals surface area contributed by atoms with E-state index in [9.17, 15) is 4.79 Å². The van der Waals surface area contributed by atoms with E-state index in [-0.39, 0.29) is 17.2 Å². The second kappa shape index (κ2) is 6.91. The first kappa shape index (κ1) is 14.3. The number of nitrogens with two attached hydrogens (primary N) is 1. The molecule has 102 valence electrons. The average molecular weight is 294 g/mol. The second-order valence-corrected chi connectivity index (χ2v) is 6.39. The smallest absolute Gasteiger partial charge is 0.233 e. The van der Waals surface area contributed by atoms with Crippen molar-refractivity contribution in [2.75, 3.05) is 5.75 Å². The Morgan fingerprint density at radius 3 is 2.68 bits per heavy atom. The molecule has 1 aliphatic rings. The van der Waals surface area contributed by atoms with E-state index in [4.69, 9.17) is 18.0 Å². The molecule has 2 rings (SSSR count). The number of hydrogen-bond acceptors (Lipinski definition) is 3. The summed E-state index contributed by atoms with van der Waals surface area (Å²) in [6.45, 7) is 0. The van der Waals surface area contributed by atoms with Gasteiger partial charge in [-0.1, -0.05) is 49.0 Å². The van der Waals surface area contributed by atoms with Crippen molar-refractivity contribution in [1.82, 2.24) is 5.32 Å². The number of nitrogens with one attached hydrogen (secondary N) is 1. The molecule has 1 saturated heterocycles. The lowest BCUT2D eigenvalue weighted by Gasteiger charge is -2.24. The van der Waals surface area contributed by atoms with Crippen LogP contribution >= 0.6 is 24.0 Å². The summed E-state index contributed by atoms with van der Waals surface area (Å²) in [5.74, 6) is 1.10. The maximum atomic E-state index is 12.2. The molecule has 5 heteroatoms. The summed E-state index contributed by atoms with van der Waals surface area (Å²) >= 11 is 6.80. The highest BCUT2D eigenvalue weighted by Crippen LogP contribution is 2.26. The molecule has 0 radical (unpaired) electrons. The SMILES string of the molecule is NC(=S)C(NC(=O)C1CCCCS1)c1ccccc1. The maximum absolute atomic E-state index is 12.2. The lowest BCUT2D eigenvalue weighted by atomic mass is 10.1. The number of amides is 1. The average Bonchev–Trinajstić information content (AvgIpc) is 2.46. The zero-order chi connectivity index (χ0) is 13.7. The van der Waals surface area contributed by atoms with Crippen molar-refractivity contribution < 1.29 is 4.79 Å². The van der Waals surface area contributed by atoms with E-state index in [1.807, 2.05) is 30.3 Å². The molecule has 0 bridgehead atoms. The van der Waals surface area contributed by atoms with Gasteiger partial charge >= 0.3 is 0 Å². The summed E-state index contributed by atoms with van der Waals surface area (Å²) in [4.78, 5) is 12.5. The molecule has 3 nitrogen and oxygen atoms in total. The van der Waals surface area contributed by atoms with E-state index in [0.29, 0.717) is 4.99 Å². The second-order valence-electron chi connectivity index (χ2n) is 4.61. The van der Waals surface area contributed by atoms with E-state index in [1.54, 1.807) is 11.8 Å². The molecule has 1 aromatic carbocycles. The Labute approximate surface area is 123 Å². The monoisotopic (exact) mass is 294 g/mol. The minimum atomic E-state index is -0.369. The van der Waals surface area contributed by atoms with E-state index in [0.717, 1.165) is 24.2 Å². The highest BCUT2D eigenvalue weighted by Gasteiger charge is 2.25. The minimum absolute atomic E-state index is 0.0364. The van der Waals surface area contributed by atoms with Crippen molar-refractivity contribution in [2.45, 2.75) is 30.6 Å². The Morgan fingerprint density at radius 1 is 1.37 bits per heavy atom. The van der Waals surface area contributed by atoms with Crippen LogP contribution in [0.5, 0.6) is 0 Å². The van der Waals surface area contributed by atoms with Gasteiger partial charge in [-0.25, -0.2) is 0 Å². The third kappa shape index (κ3) is 3.94. The zero-order valence-corrected chi connectivity index (χ0v) is 12.3. The fraction of sp³-hybridized carbons (Fsp3) is 0.429. The normalized spacial score (nSPS) is 20.5. The van der Waals surface area contributed by atoms with Gasteiger partial charge in [0.05, 0.1) is 5.25 Å². The molecule has 1 amide bonds. The van der Waals surface area contributed by atoms with Gasteiger partial charge in [0.1, 0.15) is 11.0 Å². The largest absolute Gasteiger partial charge is 0.391 e. The highest BCUT2D eigenvalue weighted by atomic mass is 32.2. The molecule has 0 saturated carbocycles. The van der Waals surface area contributed by atoms with E-state index < -0.39 is 0 Å². The third-order valence-electron chi connectivity index (χ3n) is 3.18. The van der Waals surface area contributed by atoms with Gasteiger partial charge in [-0.15, -0.1) is 11.8 Å². The molecule has 1 heterocycles. The molecular weight excluding hydrogens is 276 g/mol. The fourth-order valence-electron chi connectivity index (χ4n) is 2.15. The number of benzene rings is 1. The van der Waals surface area contributed by atoms with Gasteiger partial charge in [0, 0.05) is 0 Å². The van der Waals surface area contributed by atoms with Gasteiger partial charge in [-0.3, -0.25) is 4.79 Å². The number of carbonyl (C=O) groups excluding carboxylic acids is 1. The summed E-state index contributed by atoms with van der Waals surface area (Å²) in [6, 6.07) is 9.26. The fourth-order valence-corrected chi connectivity index (χ4v) is 3.55. The molecule has 1 aliphatic heterocycles. The summed E-state index contributed by atoms with van der Waals surface area (Å²) in [6.07, 6.45) is 3.26. The van der Waals surface area contributed by atoms with E-state index in [2.05, 4.69) is 5.32 Å². The molecule has 0 aliphatic carbocycles. The Kier molecular flexibility index (Phi) is 5.22. The van der Waals surface area contributed by atoms with Crippen LogP contribution < -0.4 is 11.1 Å². The number of thioether (sulfide) groups is 1. The molecule has 19 heavy (non-hydrogen) atoms. The first-order chi connectivity index (χ1) is 9.18. The first-order valence-corrected chi connectivity index (χ1v) is 7.90. The Morgan fingerprint density at radius 2 is 2.11 bits per heavy atom. The zero-order valence-electron chi connectivity index (χ0n) is 10.7. The number of thiocarbonyl (C=S) groups is 1. The molecule has 2 unspecified atom stereocenters. The predicted molar refractivity (Wildman–Crippen MR) is 84.2 cm³/mol. The Balaban J connectivity index is 2.04. The van der Waals surface area contributed by atoms with Crippen molar-refractivity contribution in [3.63, 3.8) is 0 Å². The van der Waals surface area contributed by atoms with Crippen LogP contribution in [0.15, 0.2) is 30.3 Å². The molecule has 0 aromatic heterocycles. The summed E-state index contributed by atoms with van der Waals surface area (Å²) in [5, 5.41) is 3.01. The van der Waals surface area contributed by atoms with E-state index >= 15 is 0 Å². The number of rotatable bonds is 4. The molecule has 1 aromatic rings. The van der Waals surface area contributed by atoms with Gasteiger partial charge in [0.2, 0.25) is 5.91 Å². The number of hydrogen-bond donors (Lipinski definition) is 2. The van der Waals surface area contributed by atoms with Crippen LogP contribution in [-0.2, 0) is 4.79 Å². The van der Waals surface area contributed by atoms with Crippen LogP contribution in [0.25, 0.3) is 0 Å². The van der Waals surface area contributed by atoms with Crippen molar-refractivity contribution in [3.8, 4) is 0 Å². The van der Waals surface area contributed by atoms with Crippen LogP contribution in [-0.4, -0.2) is 21.9 Å². The van der Waals surface area contributed by atoms with Crippen molar-refractivity contribution in [1.29, 1.82) is 0 Å². The minimum Gasteiger partial charge on any atom is -0.391 e. The first-order valence-electron chi connectivity index (χ1n) is 6.44. The number of carbonyl (C=O) groups is 1. The molecule has 3 N–H and O–H groups in total. The van der Waals surface area contributed by atoms with Crippen LogP contribution in [0.1, 0.15) is 30.9 Å². The third-order valence-corrected chi connectivity index (χ3v) is 4.79.